The Hall–Kier alpha value is -6.70. The van der Waals surface area contributed by atoms with E-state index in [-0.39, 0.29) is 0 Å². The average Bonchev–Trinajstić information content (AvgIpc) is 3.21. The maximum absolute atomic E-state index is 2.29. The van der Waals surface area contributed by atoms with Gasteiger partial charge < -0.3 is 4.90 Å². The van der Waals surface area contributed by atoms with Crippen molar-refractivity contribution < 1.29 is 0 Å². The Morgan fingerprint density at radius 3 is 0.824 bits per heavy atom. The molecule has 0 spiro atoms. The highest BCUT2D eigenvalue weighted by molar-refractivity contribution is 5.78. The molecule has 0 saturated heterocycles. The van der Waals surface area contributed by atoms with Gasteiger partial charge >= 0.3 is 0 Å². The monoisotopic (exact) mass is 653 g/mol. The molecule has 51 heavy (non-hydrogen) atoms. The summed E-state index contributed by atoms with van der Waals surface area (Å²) in [4.78, 5) is 2.29. The van der Waals surface area contributed by atoms with Gasteiger partial charge in [-0.2, -0.15) is 0 Å². The van der Waals surface area contributed by atoms with Gasteiger partial charge in [0.1, 0.15) is 0 Å². The van der Waals surface area contributed by atoms with Crippen molar-refractivity contribution in [1.29, 1.82) is 0 Å². The molecule has 0 saturated carbocycles. The van der Waals surface area contributed by atoms with Gasteiger partial charge in [-0.25, -0.2) is 0 Å². The Morgan fingerprint density at radius 1 is 0.235 bits per heavy atom. The first kappa shape index (κ1) is 32.8. The zero-order valence-corrected chi connectivity index (χ0v) is 28.5. The molecule has 0 radical (unpaired) electrons. The highest BCUT2D eigenvalue weighted by Gasteiger charge is 2.11. The van der Waals surface area contributed by atoms with Crippen molar-refractivity contribution in [3.63, 3.8) is 0 Å². The molecule has 0 amide bonds. The molecule has 7 aromatic rings. The standard InChI is InChI=1S/C50H39N/c1-4-18-44(19-5-1)46-32-24-40(25-33-46)14-10-12-16-42-28-36-49(37-29-42)51(48-22-8-3-9-23-48)50-38-30-43(31-39-50)17-13-11-15-41-26-34-47(35-27-41)45-20-6-2-7-21-45/h1-39H. The van der Waals surface area contributed by atoms with E-state index in [1.807, 2.05) is 12.1 Å². The highest BCUT2D eigenvalue weighted by atomic mass is 15.1. The van der Waals surface area contributed by atoms with Crippen molar-refractivity contribution in [3.8, 4) is 22.3 Å². The summed E-state index contributed by atoms with van der Waals surface area (Å²) >= 11 is 0. The van der Waals surface area contributed by atoms with Gasteiger partial charge in [-0.3, -0.25) is 0 Å². The lowest BCUT2D eigenvalue weighted by atomic mass is 10.0. The van der Waals surface area contributed by atoms with E-state index in [2.05, 4.69) is 229 Å². The summed E-state index contributed by atoms with van der Waals surface area (Å²) in [6.07, 6.45) is 16.9. The third-order valence-corrected chi connectivity index (χ3v) is 8.73. The van der Waals surface area contributed by atoms with Gasteiger partial charge in [0.15, 0.2) is 0 Å². The number of nitrogens with zero attached hydrogens (tertiary/aromatic N) is 1. The topological polar surface area (TPSA) is 3.24 Å². The minimum Gasteiger partial charge on any atom is -0.311 e. The van der Waals surface area contributed by atoms with Crippen LogP contribution in [0.2, 0.25) is 0 Å². The molecule has 244 valence electrons. The molecule has 7 rings (SSSR count). The van der Waals surface area contributed by atoms with E-state index < -0.39 is 0 Å². The summed E-state index contributed by atoms with van der Waals surface area (Å²) in [5.74, 6) is 0. The molecule has 0 bridgehead atoms. The molecule has 0 heterocycles. The summed E-state index contributed by atoms with van der Waals surface area (Å²) < 4.78 is 0. The van der Waals surface area contributed by atoms with Crippen LogP contribution in [0.15, 0.2) is 212 Å². The second-order valence-corrected chi connectivity index (χ2v) is 12.3. The fraction of sp³-hybridized carbons (Fsp3) is 0. The average molecular weight is 654 g/mol. The summed E-state index contributed by atoms with van der Waals surface area (Å²) in [6, 6.07) is 66.2. The van der Waals surface area contributed by atoms with Gasteiger partial charge in [-0.15, -0.1) is 0 Å². The molecule has 7 aromatic carbocycles. The van der Waals surface area contributed by atoms with E-state index in [0.717, 1.165) is 28.2 Å². The quantitative estimate of drug-likeness (QED) is 0.126. The predicted octanol–water partition coefficient (Wildman–Crippen LogP) is 13.9. The maximum Gasteiger partial charge on any atom is 0.0462 e. The number of para-hydroxylation sites is 1. The van der Waals surface area contributed by atoms with Crippen LogP contribution in [0.3, 0.4) is 0 Å². The normalized spacial score (nSPS) is 11.6. The molecule has 0 unspecified atom stereocenters. The fourth-order valence-electron chi connectivity index (χ4n) is 5.99. The molecular weight excluding hydrogens is 615 g/mol. The van der Waals surface area contributed by atoms with E-state index in [1.165, 1.54) is 33.4 Å². The predicted molar refractivity (Wildman–Crippen MR) is 221 cm³/mol. The number of hydrogen-bond donors (Lipinski definition) is 0. The van der Waals surface area contributed by atoms with Crippen molar-refractivity contribution >= 4 is 41.4 Å². The minimum atomic E-state index is 1.11. The van der Waals surface area contributed by atoms with Gasteiger partial charge in [0.25, 0.3) is 0 Å². The van der Waals surface area contributed by atoms with E-state index in [4.69, 9.17) is 0 Å². The summed E-state index contributed by atoms with van der Waals surface area (Å²) in [6.45, 7) is 0. The molecule has 0 aromatic heterocycles. The van der Waals surface area contributed by atoms with Gasteiger partial charge in [0, 0.05) is 17.1 Å². The van der Waals surface area contributed by atoms with E-state index in [9.17, 15) is 0 Å². The van der Waals surface area contributed by atoms with Crippen molar-refractivity contribution in [2.75, 3.05) is 4.90 Å². The molecule has 0 aliphatic rings. The van der Waals surface area contributed by atoms with Crippen molar-refractivity contribution in [2.45, 2.75) is 0 Å². The van der Waals surface area contributed by atoms with Crippen molar-refractivity contribution in [1.82, 2.24) is 0 Å². The zero-order valence-electron chi connectivity index (χ0n) is 28.5. The van der Waals surface area contributed by atoms with Crippen LogP contribution in [0.25, 0.3) is 46.6 Å². The van der Waals surface area contributed by atoms with Gasteiger partial charge in [-0.05, 0) is 80.9 Å². The van der Waals surface area contributed by atoms with Crippen molar-refractivity contribution in [2.24, 2.45) is 0 Å². The molecule has 1 nitrogen and oxygen atoms in total. The second kappa shape index (κ2) is 16.6. The minimum absolute atomic E-state index is 1.11. The van der Waals surface area contributed by atoms with Crippen molar-refractivity contribution in [3.05, 3.63) is 235 Å². The summed E-state index contributed by atoms with van der Waals surface area (Å²) in [7, 11) is 0. The first-order valence-electron chi connectivity index (χ1n) is 17.3. The molecule has 0 fully saturated rings. The number of benzene rings is 7. The second-order valence-electron chi connectivity index (χ2n) is 12.3. The van der Waals surface area contributed by atoms with Crippen LogP contribution >= 0.6 is 0 Å². The number of rotatable bonds is 11. The lowest BCUT2D eigenvalue weighted by molar-refractivity contribution is 1.28. The van der Waals surface area contributed by atoms with Crippen LogP contribution < -0.4 is 4.90 Å². The summed E-state index contributed by atoms with van der Waals surface area (Å²) in [5, 5.41) is 0. The Labute approximate surface area is 302 Å². The van der Waals surface area contributed by atoms with Gasteiger partial charge in [-0.1, -0.05) is 200 Å². The molecule has 0 N–H and O–H groups in total. The molecule has 0 atom stereocenters. The van der Waals surface area contributed by atoms with E-state index in [1.54, 1.807) is 0 Å². The number of allylic oxidation sites excluding steroid dienone is 4. The smallest absolute Gasteiger partial charge is 0.0462 e. The van der Waals surface area contributed by atoms with Crippen LogP contribution in [-0.2, 0) is 0 Å². The molecule has 0 aliphatic carbocycles. The Balaban J connectivity index is 0.993. The Kier molecular flexibility index (Phi) is 10.7. The third-order valence-electron chi connectivity index (χ3n) is 8.73. The first-order valence-corrected chi connectivity index (χ1v) is 17.3. The van der Waals surface area contributed by atoms with Crippen LogP contribution in [0.5, 0.6) is 0 Å². The largest absolute Gasteiger partial charge is 0.311 e. The summed E-state index contributed by atoms with van der Waals surface area (Å²) in [5.41, 5.74) is 12.9. The SMILES string of the molecule is C(C=Cc1ccc(N(c2ccccc2)c2ccc(C=CC=Cc3ccc(-c4ccccc4)cc3)cc2)cc1)=Cc1ccc(-c2ccccc2)cc1. The number of hydrogen-bond acceptors (Lipinski definition) is 1. The van der Waals surface area contributed by atoms with E-state index in [0.29, 0.717) is 0 Å². The highest BCUT2D eigenvalue weighted by Crippen LogP contribution is 2.34. The van der Waals surface area contributed by atoms with Gasteiger partial charge in [0.05, 0.1) is 0 Å². The van der Waals surface area contributed by atoms with Gasteiger partial charge in [0.2, 0.25) is 0 Å². The van der Waals surface area contributed by atoms with E-state index >= 15 is 0 Å². The Bertz CT molecular complexity index is 2080. The Morgan fingerprint density at radius 2 is 0.490 bits per heavy atom. The molecule has 1 heteroatoms. The molecular formula is C50H39N. The zero-order chi connectivity index (χ0) is 34.5. The van der Waals surface area contributed by atoms with Crippen LogP contribution in [0, 0.1) is 0 Å². The lowest BCUT2D eigenvalue weighted by Gasteiger charge is -2.25. The first-order chi connectivity index (χ1) is 25.3. The van der Waals surface area contributed by atoms with Crippen LogP contribution in [0.4, 0.5) is 17.1 Å². The van der Waals surface area contributed by atoms with Crippen LogP contribution in [0.1, 0.15) is 22.3 Å². The van der Waals surface area contributed by atoms with Crippen LogP contribution in [-0.4, -0.2) is 0 Å². The fourth-order valence-corrected chi connectivity index (χ4v) is 5.99. The lowest BCUT2D eigenvalue weighted by Crippen LogP contribution is -2.09. The molecule has 0 aliphatic heterocycles. The number of anilines is 3. The maximum atomic E-state index is 2.29. The third kappa shape index (κ3) is 8.86.